The van der Waals surface area contributed by atoms with Crippen molar-refractivity contribution in [2.75, 3.05) is 12.4 Å². The highest BCUT2D eigenvalue weighted by molar-refractivity contribution is 9.18. The van der Waals surface area contributed by atoms with E-state index in [1.54, 1.807) is 7.05 Å². The first-order chi connectivity index (χ1) is 11.1. The fourth-order valence-electron chi connectivity index (χ4n) is 2.63. The molecule has 2 N–H and O–H groups in total. The standard InChI is InChI=1S/C16H24BrN3O2S/c1-4-6-11(5-2)19-14-8-7-12(23(21)18-3)9-13(14)15-10-16(17)20-22-15/h7-9,11,15,18-19H,4-6,10H2,1-3H3. The summed E-state index contributed by atoms with van der Waals surface area (Å²) in [4.78, 5) is 6.26. The van der Waals surface area contributed by atoms with Crippen LogP contribution in [0.25, 0.3) is 0 Å². The predicted octanol–water partition coefficient (Wildman–Crippen LogP) is 4.09. The van der Waals surface area contributed by atoms with Crippen molar-refractivity contribution in [2.45, 2.75) is 56.6 Å². The van der Waals surface area contributed by atoms with Crippen LogP contribution in [0.5, 0.6) is 0 Å². The van der Waals surface area contributed by atoms with Gasteiger partial charge in [-0.1, -0.05) is 25.4 Å². The lowest BCUT2D eigenvalue weighted by molar-refractivity contribution is 0.0860. The van der Waals surface area contributed by atoms with Gasteiger partial charge in [0.2, 0.25) is 0 Å². The molecule has 23 heavy (non-hydrogen) atoms. The van der Waals surface area contributed by atoms with Crippen LogP contribution in [0.2, 0.25) is 0 Å². The minimum atomic E-state index is -1.22. The fourth-order valence-corrected chi connectivity index (χ4v) is 3.67. The van der Waals surface area contributed by atoms with E-state index in [0.29, 0.717) is 12.5 Å². The van der Waals surface area contributed by atoms with E-state index in [-0.39, 0.29) is 6.10 Å². The molecule has 128 valence electrons. The largest absolute Gasteiger partial charge is 0.386 e. The van der Waals surface area contributed by atoms with Crippen molar-refractivity contribution in [1.82, 2.24) is 4.72 Å². The number of benzene rings is 1. The molecular weight excluding hydrogens is 378 g/mol. The summed E-state index contributed by atoms with van der Waals surface area (Å²) in [6.45, 7) is 4.37. The van der Waals surface area contributed by atoms with E-state index in [0.717, 1.165) is 40.0 Å². The minimum absolute atomic E-state index is 0.153. The minimum Gasteiger partial charge on any atom is -0.386 e. The van der Waals surface area contributed by atoms with Crippen LogP contribution < -0.4 is 10.0 Å². The summed E-state index contributed by atoms with van der Waals surface area (Å²) in [5.74, 6) is 0. The monoisotopic (exact) mass is 401 g/mol. The Labute approximate surface area is 149 Å². The van der Waals surface area contributed by atoms with Gasteiger partial charge in [0.1, 0.15) is 15.6 Å². The van der Waals surface area contributed by atoms with E-state index in [4.69, 9.17) is 4.84 Å². The van der Waals surface area contributed by atoms with Crippen LogP contribution in [0, 0.1) is 0 Å². The Balaban J connectivity index is 2.30. The second-order valence-corrected chi connectivity index (χ2v) is 7.86. The molecule has 1 heterocycles. The molecule has 0 amide bonds. The fraction of sp³-hybridized carbons (Fsp3) is 0.562. The Kier molecular flexibility index (Phi) is 7.05. The normalized spacial score (nSPS) is 19.8. The Morgan fingerprint density at radius 2 is 2.26 bits per heavy atom. The first-order valence-corrected chi connectivity index (χ1v) is 9.91. The number of hydrogen-bond acceptors (Lipinski definition) is 4. The third-order valence-corrected chi connectivity index (χ3v) is 5.41. The van der Waals surface area contributed by atoms with Crippen LogP contribution in [0.15, 0.2) is 28.3 Å². The molecule has 3 unspecified atom stereocenters. The summed E-state index contributed by atoms with van der Waals surface area (Å²) >= 11 is 3.38. The van der Waals surface area contributed by atoms with Crippen LogP contribution in [-0.2, 0) is 15.8 Å². The number of hydrogen-bond donors (Lipinski definition) is 2. The lowest BCUT2D eigenvalue weighted by atomic mass is 10.0. The molecule has 1 aliphatic heterocycles. The number of nitrogens with zero attached hydrogens (tertiary/aromatic N) is 1. The van der Waals surface area contributed by atoms with E-state index < -0.39 is 11.0 Å². The van der Waals surface area contributed by atoms with Gasteiger partial charge in [0, 0.05) is 23.7 Å². The average Bonchev–Trinajstić information content (AvgIpc) is 3.00. The highest BCUT2D eigenvalue weighted by atomic mass is 79.9. The molecule has 0 aliphatic carbocycles. The van der Waals surface area contributed by atoms with Gasteiger partial charge in [-0.3, -0.25) is 0 Å². The quantitative estimate of drug-likeness (QED) is 0.689. The summed E-state index contributed by atoms with van der Waals surface area (Å²) in [6.07, 6.45) is 3.85. The molecular formula is C16H24BrN3O2S. The third-order valence-electron chi connectivity index (χ3n) is 3.89. The maximum atomic E-state index is 12.0. The zero-order valence-corrected chi connectivity index (χ0v) is 16.2. The number of rotatable bonds is 8. The predicted molar refractivity (Wildman–Crippen MR) is 99.3 cm³/mol. The van der Waals surface area contributed by atoms with Crippen molar-refractivity contribution in [1.29, 1.82) is 0 Å². The molecule has 0 fully saturated rings. The van der Waals surface area contributed by atoms with Crippen LogP contribution in [-0.4, -0.2) is 21.9 Å². The van der Waals surface area contributed by atoms with Crippen molar-refractivity contribution in [3.63, 3.8) is 0 Å². The van der Waals surface area contributed by atoms with Crippen molar-refractivity contribution < 1.29 is 9.05 Å². The number of nitrogens with one attached hydrogen (secondary N) is 2. The van der Waals surface area contributed by atoms with E-state index in [9.17, 15) is 4.21 Å². The summed E-state index contributed by atoms with van der Waals surface area (Å²) in [7, 11) is 0.465. The van der Waals surface area contributed by atoms with Gasteiger partial charge >= 0.3 is 0 Å². The Bertz CT molecular complexity index is 595. The van der Waals surface area contributed by atoms with Crippen molar-refractivity contribution in [2.24, 2.45) is 5.16 Å². The summed E-state index contributed by atoms with van der Waals surface area (Å²) < 4.78 is 15.6. The zero-order chi connectivity index (χ0) is 16.8. The highest BCUT2D eigenvalue weighted by Crippen LogP contribution is 2.35. The van der Waals surface area contributed by atoms with Crippen LogP contribution in [0.4, 0.5) is 5.69 Å². The number of anilines is 1. The maximum absolute atomic E-state index is 12.0. The SMILES string of the molecule is CCCC(CC)Nc1ccc(S(=O)NC)cc1C1CC(Br)=NO1. The zero-order valence-electron chi connectivity index (χ0n) is 13.8. The molecule has 0 radical (unpaired) electrons. The summed E-state index contributed by atoms with van der Waals surface area (Å²) in [5.41, 5.74) is 2.03. The highest BCUT2D eigenvalue weighted by Gasteiger charge is 2.25. The van der Waals surface area contributed by atoms with Gasteiger partial charge in [0.25, 0.3) is 0 Å². The van der Waals surface area contributed by atoms with Gasteiger partial charge in [-0.15, -0.1) is 0 Å². The average molecular weight is 402 g/mol. The van der Waals surface area contributed by atoms with Crippen LogP contribution >= 0.6 is 15.9 Å². The molecule has 0 spiro atoms. The molecule has 0 saturated carbocycles. The smallest absolute Gasteiger partial charge is 0.160 e. The Morgan fingerprint density at radius 3 is 2.83 bits per heavy atom. The molecule has 3 atom stereocenters. The molecule has 5 nitrogen and oxygen atoms in total. The first-order valence-electron chi connectivity index (χ1n) is 7.96. The second kappa shape index (κ2) is 8.80. The maximum Gasteiger partial charge on any atom is 0.160 e. The van der Waals surface area contributed by atoms with Crippen molar-refractivity contribution in [3.8, 4) is 0 Å². The Morgan fingerprint density at radius 1 is 1.48 bits per heavy atom. The van der Waals surface area contributed by atoms with Gasteiger partial charge in [-0.05, 0) is 54.0 Å². The van der Waals surface area contributed by atoms with Crippen molar-refractivity contribution >= 4 is 37.2 Å². The second-order valence-electron chi connectivity index (χ2n) is 5.53. The number of halogens is 1. The lowest BCUT2D eigenvalue weighted by Crippen LogP contribution is -2.20. The van der Waals surface area contributed by atoms with E-state index in [2.05, 4.69) is 45.0 Å². The topological polar surface area (TPSA) is 62.7 Å². The van der Waals surface area contributed by atoms with E-state index in [1.165, 1.54) is 0 Å². The molecule has 1 aromatic carbocycles. The molecule has 0 saturated heterocycles. The van der Waals surface area contributed by atoms with Gasteiger partial charge in [0.05, 0.1) is 4.90 Å². The molecule has 1 aliphatic rings. The molecule has 0 bridgehead atoms. The van der Waals surface area contributed by atoms with E-state index >= 15 is 0 Å². The summed E-state index contributed by atoms with van der Waals surface area (Å²) in [5, 5.41) is 7.59. The van der Waals surface area contributed by atoms with Crippen molar-refractivity contribution in [3.05, 3.63) is 23.8 Å². The Hall–Kier alpha value is -0.920. The lowest BCUT2D eigenvalue weighted by Gasteiger charge is -2.22. The van der Waals surface area contributed by atoms with Crippen LogP contribution in [0.1, 0.15) is 51.2 Å². The first kappa shape index (κ1) is 18.4. The van der Waals surface area contributed by atoms with Gasteiger partial charge in [-0.25, -0.2) is 8.93 Å². The molecule has 1 aromatic rings. The number of oxime groups is 1. The van der Waals surface area contributed by atoms with E-state index in [1.807, 2.05) is 18.2 Å². The van der Waals surface area contributed by atoms with Gasteiger partial charge < -0.3 is 10.2 Å². The summed E-state index contributed by atoms with van der Waals surface area (Å²) in [6, 6.07) is 6.25. The molecule has 2 rings (SSSR count). The molecule has 7 heteroatoms. The van der Waals surface area contributed by atoms with Gasteiger partial charge in [0.15, 0.2) is 6.10 Å². The van der Waals surface area contributed by atoms with Gasteiger partial charge in [-0.2, -0.15) is 0 Å². The van der Waals surface area contributed by atoms with Crippen LogP contribution in [0.3, 0.4) is 0 Å². The third kappa shape index (κ3) is 4.78. The molecule has 0 aromatic heterocycles.